The summed E-state index contributed by atoms with van der Waals surface area (Å²) < 4.78 is 7.25. The maximum absolute atomic E-state index is 5.36. The highest BCUT2D eigenvalue weighted by Crippen LogP contribution is 2.10. The number of aromatic nitrogens is 3. The normalized spacial score (nSPS) is 18.0. The van der Waals surface area contributed by atoms with E-state index in [-0.39, 0.29) is 0 Å². The average molecular weight is 301 g/mol. The molecule has 118 valence electrons. The Morgan fingerprint density at radius 1 is 1.23 bits per heavy atom. The quantitative estimate of drug-likeness (QED) is 0.811. The average Bonchev–Trinajstić information content (AvgIpc) is 3.20. The van der Waals surface area contributed by atoms with Crippen molar-refractivity contribution in [3.63, 3.8) is 0 Å². The lowest BCUT2D eigenvalue weighted by atomic mass is 10.2. The third kappa shape index (κ3) is 4.29. The van der Waals surface area contributed by atoms with Crippen LogP contribution < -0.4 is 0 Å². The molecule has 0 N–H and O–H groups in total. The van der Waals surface area contributed by atoms with E-state index in [4.69, 9.17) is 4.42 Å². The van der Waals surface area contributed by atoms with Crippen molar-refractivity contribution in [2.24, 2.45) is 0 Å². The summed E-state index contributed by atoms with van der Waals surface area (Å²) in [5, 5.41) is 4.14. The van der Waals surface area contributed by atoms with Gasteiger partial charge in [0.15, 0.2) is 0 Å². The van der Waals surface area contributed by atoms with Crippen LogP contribution in [0.1, 0.15) is 12.7 Å². The van der Waals surface area contributed by atoms with Gasteiger partial charge in [-0.05, 0) is 25.1 Å². The van der Waals surface area contributed by atoms with Crippen molar-refractivity contribution in [3.05, 3.63) is 42.4 Å². The van der Waals surface area contributed by atoms with Crippen LogP contribution >= 0.6 is 0 Å². The van der Waals surface area contributed by atoms with Gasteiger partial charge in [0.05, 0.1) is 12.8 Å². The van der Waals surface area contributed by atoms with Gasteiger partial charge >= 0.3 is 0 Å². The number of hydrogen-bond acceptors (Lipinski definition) is 5. The predicted octanol–water partition coefficient (Wildman–Crippen LogP) is 1.59. The molecule has 1 saturated heterocycles. The number of nitrogens with zero attached hydrogens (tertiary/aromatic N) is 5. The monoisotopic (exact) mass is 301 g/mol. The molecule has 3 rings (SSSR count). The van der Waals surface area contributed by atoms with Crippen molar-refractivity contribution in [2.75, 3.05) is 39.3 Å². The van der Waals surface area contributed by atoms with Crippen LogP contribution in [0, 0.1) is 0 Å². The van der Waals surface area contributed by atoms with Crippen LogP contribution in [0.15, 0.2) is 41.0 Å². The fourth-order valence-electron chi connectivity index (χ4n) is 2.78. The van der Waals surface area contributed by atoms with Gasteiger partial charge in [0.25, 0.3) is 0 Å². The van der Waals surface area contributed by atoms with Crippen LogP contribution in [0.5, 0.6) is 0 Å². The highest BCUT2D eigenvalue weighted by molar-refractivity contribution is 5.46. The fraction of sp³-hybridized carbons (Fsp3) is 0.500. The molecule has 0 radical (unpaired) electrons. The standard InChI is InChI=1S/C16H23N5O/c1-15(11-16-3-2-10-22-16)12-20-6-4-19(5-7-20)8-9-21-14-17-13-18-21/h2-3,10-11,13-14H,4-9,12H2,1H3/b15-11+. The summed E-state index contributed by atoms with van der Waals surface area (Å²) in [4.78, 5) is 8.96. The van der Waals surface area contributed by atoms with Gasteiger partial charge in [0.1, 0.15) is 18.4 Å². The summed E-state index contributed by atoms with van der Waals surface area (Å²) >= 11 is 0. The molecule has 6 heteroatoms. The van der Waals surface area contributed by atoms with Crippen molar-refractivity contribution >= 4 is 6.08 Å². The van der Waals surface area contributed by atoms with Gasteiger partial charge in [-0.2, -0.15) is 5.10 Å². The summed E-state index contributed by atoms with van der Waals surface area (Å²) in [5.74, 6) is 0.934. The summed E-state index contributed by atoms with van der Waals surface area (Å²) in [5.41, 5.74) is 1.34. The van der Waals surface area contributed by atoms with Gasteiger partial charge in [-0.1, -0.05) is 5.57 Å². The van der Waals surface area contributed by atoms with Crippen molar-refractivity contribution in [1.82, 2.24) is 24.6 Å². The van der Waals surface area contributed by atoms with Crippen LogP contribution in [0.2, 0.25) is 0 Å². The molecule has 1 fully saturated rings. The summed E-state index contributed by atoms with van der Waals surface area (Å²) in [6.45, 7) is 9.58. The maximum Gasteiger partial charge on any atom is 0.137 e. The minimum absolute atomic E-state index is 0.914. The van der Waals surface area contributed by atoms with E-state index in [9.17, 15) is 0 Å². The molecule has 3 heterocycles. The largest absolute Gasteiger partial charge is 0.465 e. The Kier molecular flexibility index (Phi) is 5.03. The minimum atomic E-state index is 0.914. The predicted molar refractivity (Wildman–Crippen MR) is 85.3 cm³/mol. The summed E-state index contributed by atoms with van der Waals surface area (Å²) in [6, 6.07) is 3.92. The molecule has 0 saturated carbocycles. The Labute approximate surface area is 131 Å². The van der Waals surface area contributed by atoms with Gasteiger partial charge in [0, 0.05) is 39.3 Å². The third-order valence-electron chi connectivity index (χ3n) is 3.98. The zero-order chi connectivity index (χ0) is 15.2. The Morgan fingerprint density at radius 3 is 2.73 bits per heavy atom. The van der Waals surface area contributed by atoms with Crippen LogP contribution in [0.3, 0.4) is 0 Å². The molecular weight excluding hydrogens is 278 g/mol. The van der Waals surface area contributed by atoms with Gasteiger partial charge in [0.2, 0.25) is 0 Å². The molecule has 0 spiro atoms. The van der Waals surface area contributed by atoms with Gasteiger partial charge < -0.3 is 4.42 Å². The van der Waals surface area contributed by atoms with Crippen LogP contribution in [0.25, 0.3) is 6.08 Å². The first-order chi connectivity index (χ1) is 10.8. The van der Waals surface area contributed by atoms with Crippen molar-refractivity contribution in [2.45, 2.75) is 13.5 Å². The first-order valence-corrected chi connectivity index (χ1v) is 7.77. The molecule has 0 unspecified atom stereocenters. The summed E-state index contributed by atoms with van der Waals surface area (Å²) in [6.07, 6.45) is 7.20. The Morgan fingerprint density at radius 2 is 2.05 bits per heavy atom. The fourth-order valence-corrected chi connectivity index (χ4v) is 2.78. The van der Waals surface area contributed by atoms with E-state index in [0.717, 1.165) is 51.6 Å². The molecule has 2 aromatic rings. The summed E-state index contributed by atoms with van der Waals surface area (Å²) in [7, 11) is 0. The third-order valence-corrected chi connectivity index (χ3v) is 3.98. The van der Waals surface area contributed by atoms with E-state index < -0.39 is 0 Å². The molecule has 1 aliphatic rings. The van der Waals surface area contributed by atoms with E-state index in [2.05, 4.69) is 32.9 Å². The highest BCUT2D eigenvalue weighted by atomic mass is 16.3. The molecule has 0 bridgehead atoms. The van der Waals surface area contributed by atoms with E-state index >= 15 is 0 Å². The maximum atomic E-state index is 5.36. The smallest absolute Gasteiger partial charge is 0.137 e. The molecule has 22 heavy (non-hydrogen) atoms. The first kappa shape index (κ1) is 15.0. The van der Waals surface area contributed by atoms with Crippen LogP contribution in [-0.4, -0.2) is 63.8 Å². The zero-order valence-electron chi connectivity index (χ0n) is 13.1. The number of rotatable bonds is 6. The first-order valence-electron chi connectivity index (χ1n) is 7.77. The van der Waals surface area contributed by atoms with E-state index in [0.29, 0.717) is 0 Å². The molecule has 1 aliphatic heterocycles. The minimum Gasteiger partial charge on any atom is -0.465 e. The van der Waals surface area contributed by atoms with Gasteiger partial charge in [-0.15, -0.1) is 0 Å². The lowest BCUT2D eigenvalue weighted by Crippen LogP contribution is -2.47. The number of hydrogen-bond donors (Lipinski definition) is 0. The molecule has 6 nitrogen and oxygen atoms in total. The van der Waals surface area contributed by atoms with E-state index in [1.807, 2.05) is 16.8 Å². The molecule has 2 aromatic heterocycles. The topological polar surface area (TPSA) is 50.3 Å². The van der Waals surface area contributed by atoms with Crippen molar-refractivity contribution < 1.29 is 4.42 Å². The number of piperazine rings is 1. The molecule has 0 atom stereocenters. The Balaban J connectivity index is 1.40. The Hall–Kier alpha value is -1.92. The molecule has 0 aromatic carbocycles. The van der Waals surface area contributed by atoms with Crippen molar-refractivity contribution in [1.29, 1.82) is 0 Å². The second-order valence-electron chi connectivity index (χ2n) is 5.78. The molecular formula is C16H23N5O. The number of furan rings is 1. The highest BCUT2D eigenvalue weighted by Gasteiger charge is 2.16. The van der Waals surface area contributed by atoms with Crippen molar-refractivity contribution in [3.8, 4) is 0 Å². The SMILES string of the molecule is C/C(=C\c1ccco1)CN1CCN(CCn2cncn2)CC1. The van der Waals surface area contributed by atoms with Crippen LogP contribution in [-0.2, 0) is 6.54 Å². The molecule has 0 amide bonds. The van der Waals surface area contributed by atoms with Gasteiger partial charge in [-0.3, -0.25) is 14.5 Å². The van der Waals surface area contributed by atoms with Crippen LogP contribution in [0.4, 0.5) is 0 Å². The molecule has 0 aliphatic carbocycles. The second kappa shape index (κ2) is 7.38. The lowest BCUT2D eigenvalue weighted by molar-refractivity contribution is 0.136. The van der Waals surface area contributed by atoms with Gasteiger partial charge in [-0.25, -0.2) is 4.98 Å². The lowest BCUT2D eigenvalue weighted by Gasteiger charge is -2.34. The van der Waals surface area contributed by atoms with E-state index in [1.54, 1.807) is 18.9 Å². The van der Waals surface area contributed by atoms with E-state index in [1.165, 1.54) is 5.57 Å². The Bertz CT molecular complexity index is 568. The second-order valence-corrected chi connectivity index (χ2v) is 5.78. The zero-order valence-corrected chi connectivity index (χ0v) is 13.1.